The second kappa shape index (κ2) is 8.84. The van der Waals surface area contributed by atoms with Crippen LogP contribution in [0.1, 0.15) is 5.56 Å². The van der Waals surface area contributed by atoms with Gasteiger partial charge in [0.1, 0.15) is 11.3 Å². The topological polar surface area (TPSA) is 77.5 Å². The van der Waals surface area contributed by atoms with Crippen molar-refractivity contribution in [3.63, 3.8) is 0 Å². The maximum Gasteiger partial charge on any atom is 0.344 e. The number of hydrogen-bond donors (Lipinski definition) is 2. The lowest BCUT2D eigenvalue weighted by molar-refractivity contribution is 0.415. The summed E-state index contributed by atoms with van der Waals surface area (Å²) in [6.45, 7) is 0.627. The Balaban J connectivity index is 1.53. The van der Waals surface area contributed by atoms with Crippen molar-refractivity contribution in [1.29, 1.82) is 0 Å². The molecule has 30 heavy (non-hydrogen) atoms. The molecule has 3 aromatic carbocycles. The molecule has 5 nitrogen and oxygen atoms in total. The highest BCUT2D eigenvalue weighted by atomic mass is 16.5. The standard InChI is InChI=1S/C25H24N2O3/c1-29-22-10-11-24-19(14-22)15-23(25(28)30-24)18-8-5-9-21(13-18)27-16-20(26)12-17-6-3-2-4-7-17/h2-11,13-15,20,27H,12,16,26H2,1H3/t20-/m0/s1. The number of anilines is 1. The molecule has 0 saturated heterocycles. The van der Waals surface area contributed by atoms with Gasteiger partial charge in [-0.3, -0.25) is 0 Å². The first-order valence-electron chi connectivity index (χ1n) is 9.88. The second-order valence-corrected chi connectivity index (χ2v) is 7.26. The Morgan fingerprint density at radius 2 is 1.83 bits per heavy atom. The van der Waals surface area contributed by atoms with Gasteiger partial charge in [-0.1, -0.05) is 42.5 Å². The highest BCUT2D eigenvalue weighted by molar-refractivity contribution is 5.83. The van der Waals surface area contributed by atoms with Crippen molar-refractivity contribution in [3.8, 4) is 16.9 Å². The molecular formula is C25H24N2O3. The maximum atomic E-state index is 12.5. The smallest absolute Gasteiger partial charge is 0.344 e. The molecule has 0 aliphatic carbocycles. The molecule has 0 bridgehead atoms. The van der Waals surface area contributed by atoms with Crippen LogP contribution in [0.5, 0.6) is 5.75 Å². The summed E-state index contributed by atoms with van der Waals surface area (Å²) in [7, 11) is 1.61. The van der Waals surface area contributed by atoms with Gasteiger partial charge in [0, 0.05) is 23.7 Å². The minimum absolute atomic E-state index is 0.0192. The van der Waals surface area contributed by atoms with Crippen LogP contribution in [0.3, 0.4) is 0 Å². The number of fused-ring (bicyclic) bond motifs is 1. The fraction of sp³-hybridized carbons (Fsp3) is 0.160. The monoisotopic (exact) mass is 400 g/mol. The second-order valence-electron chi connectivity index (χ2n) is 7.26. The van der Waals surface area contributed by atoms with E-state index in [1.165, 1.54) is 5.56 Å². The van der Waals surface area contributed by atoms with Crippen LogP contribution in [0, 0.1) is 0 Å². The normalized spacial score (nSPS) is 11.9. The molecule has 0 aliphatic heterocycles. The van der Waals surface area contributed by atoms with Crippen molar-refractivity contribution in [3.05, 3.63) is 94.8 Å². The van der Waals surface area contributed by atoms with Crippen LogP contribution < -0.4 is 21.4 Å². The molecule has 1 heterocycles. The first-order valence-corrected chi connectivity index (χ1v) is 9.88. The zero-order valence-electron chi connectivity index (χ0n) is 16.8. The Morgan fingerprint density at radius 3 is 2.63 bits per heavy atom. The van der Waals surface area contributed by atoms with E-state index in [0.717, 1.165) is 23.1 Å². The third kappa shape index (κ3) is 4.53. The molecule has 0 radical (unpaired) electrons. The number of benzene rings is 3. The average molecular weight is 400 g/mol. The van der Waals surface area contributed by atoms with Gasteiger partial charge >= 0.3 is 5.63 Å². The Hall–Kier alpha value is -3.57. The van der Waals surface area contributed by atoms with Crippen molar-refractivity contribution >= 4 is 16.7 Å². The molecule has 0 fully saturated rings. The van der Waals surface area contributed by atoms with Crippen LogP contribution in [0.2, 0.25) is 0 Å². The molecule has 4 rings (SSSR count). The van der Waals surface area contributed by atoms with Gasteiger partial charge in [0.05, 0.1) is 12.7 Å². The number of methoxy groups -OCH3 is 1. The lowest BCUT2D eigenvalue weighted by Crippen LogP contribution is -2.31. The quantitative estimate of drug-likeness (QED) is 0.448. The summed E-state index contributed by atoms with van der Waals surface area (Å²) < 4.78 is 10.8. The number of nitrogens with one attached hydrogen (secondary N) is 1. The van der Waals surface area contributed by atoms with Gasteiger partial charge in [-0.05, 0) is 53.9 Å². The molecule has 1 aromatic heterocycles. The van der Waals surface area contributed by atoms with E-state index in [2.05, 4.69) is 17.4 Å². The summed E-state index contributed by atoms with van der Waals surface area (Å²) in [6, 6.07) is 25.1. The molecule has 152 valence electrons. The summed E-state index contributed by atoms with van der Waals surface area (Å²) in [4.78, 5) is 12.5. The van der Waals surface area contributed by atoms with Gasteiger partial charge in [-0.2, -0.15) is 0 Å². The highest BCUT2D eigenvalue weighted by Gasteiger charge is 2.10. The van der Waals surface area contributed by atoms with Gasteiger partial charge in [0.2, 0.25) is 0 Å². The predicted molar refractivity (Wildman–Crippen MR) is 121 cm³/mol. The third-order valence-electron chi connectivity index (χ3n) is 5.02. The molecule has 1 atom stereocenters. The Morgan fingerprint density at radius 1 is 1.00 bits per heavy atom. The van der Waals surface area contributed by atoms with Crippen LogP contribution in [0.4, 0.5) is 5.69 Å². The largest absolute Gasteiger partial charge is 0.497 e. The number of rotatable bonds is 7. The van der Waals surface area contributed by atoms with Crippen LogP contribution in [0.15, 0.2) is 88.1 Å². The van der Waals surface area contributed by atoms with E-state index in [1.807, 2.05) is 54.6 Å². The lowest BCUT2D eigenvalue weighted by atomic mass is 10.0. The Bertz CT molecular complexity index is 1200. The van der Waals surface area contributed by atoms with Crippen LogP contribution in [-0.2, 0) is 6.42 Å². The van der Waals surface area contributed by atoms with E-state index >= 15 is 0 Å². The molecule has 3 N–H and O–H groups in total. The van der Waals surface area contributed by atoms with Crippen molar-refractivity contribution in [2.75, 3.05) is 19.0 Å². The van der Waals surface area contributed by atoms with E-state index in [9.17, 15) is 4.79 Å². The Kier molecular flexibility index (Phi) is 5.82. The molecular weight excluding hydrogens is 376 g/mol. The van der Waals surface area contributed by atoms with Gasteiger partial charge < -0.3 is 20.2 Å². The first kappa shape index (κ1) is 19.7. The number of hydrogen-bond acceptors (Lipinski definition) is 5. The predicted octanol–water partition coefficient (Wildman–Crippen LogP) is 4.45. The van der Waals surface area contributed by atoms with E-state index < -0.39 is 0 Å². The van der Waals surface area contributed by atoms with Gasteiger partial charge in [0.25, 0.3) is 0 Å². The van der Waals surface area contributed by atoms with Crippen molar-refractivity contribution in [1.82, 2.24) is 0 Å². The fourth-order valence-corrected chi connectivity index (χ4v) is 3.46. The van der Waals surface area contributed by atoms with E-state index in [4.69, 9.17) is 14.9 Å². The van der Waals surface area contributed by atoms with Gasteiger partial charge in [0.15, 0.2) is 0 Å². The number of nitrogens with two attached hydrogens (primary N) is 1. The van der Waals surface area contributed by atoms with Crippen molar-refractivity contribution in [2.24, 2.45) is 5.73 Å². The van der Waals surface area contributed by atoms with Crippen molar-refractivity contribution in [2.45, 2.75) is 12.5 Å². The molecule has 0 spiro atoms. The molecule has 0 aliphatic rings. The molecule has 5 heteroatoms. The summed E-state index contributed by atoms with van der Waals surface area (Å²) in [6.07, 6.45) is 0.795. The summed E-state index contributed by atoms with van der Waals surface area (Å²) in [5, 5.41) is 4.18. The van der Waals surface area contributed by atoms with Gasteiger partial charge in [-0.25, -0.2) is 4.79 Å². The van der Waals surface area contributed by atoms with Crippen LogP contribution >= 0.6 is 0 Å². The maximum absolute atomic E-state index is 12.5. The molecule has 0 amide bonds. The lowest BCUT2D eigenvalue weighted by Gasteiger charge is -2.14. The summed E-state index contributed by atoms with van der Waals surface area (Å²) in [5.41, 5.74) is 9.85. The van der Waals surface area contributed by atoms with Crippen LogP contribution in [-0.4, -0.2) is 19.7 Å². The zero-order chi connectivity index (χ0) is 20.9. The molecule has 4 aromatic rings. The Labute approximate surface area is 175 Å². The SMILES string of the molecule is COc1ccc2oc(=O)c(-c3cccc(NC[C@@H](N)Cc4ccccc4)c3)cc2c1. The molecule has 0 unspecified atom stereocenters. The summed E-state index contributed by atoms with van der Waals surface area (Å²) >= 11 is 0. The zero-order valence-corrected chi connectivity index (χ0v) is 16.8. The first-order chi connectivity index (χ1) is 14.6. The van der Waals surface area contributed by atoms with E-state index in [-0.39, 0.29) is 11.7 Å². The summed E-state index contributed by atoms with van der Waals surface area (Å²) in [5.74, 6) is 0.713. The van der Waals surface area contributed by atoms with E-state index in [1.54, 1.807) is 19.2 Å². The highest BCUT2D eigenvalue weighted by Crippen LogP contribution is 2.26. The van der Waals surface area contributed by atoms with Gasteiger partial charge in [-0.15, -0.1) is 0 Å². The fourth-order valence-electron chi connectivity index (χ4n) is 3.46. The van der Waals surface area contributed by atoms with E-state index in [0.29, 0.717) is 23.4 Å². The van der Waals surface area contributed by atoms with Crippen LogP contribution in [0.25, 0.3) is 22.1 Å². The number of ether oxygens (including phenoxy) is 1. The van der Waals surface area contributed by atoms with Crippen molar-refractivity contribution < 1.29 is 9.15 Å². The minimum atomic E-state index is -0.370. The molecule has 0 saturated carbocycles. The average Bonchev–Trinajstić information content (AvgIpc) is 2.78. The third-order valence-corrected chi connectivity index (χ3v) is 5.02. The minimum Gasteiger partial charge on any atom is -0.497 e.